The molecule has 132 valence electrons. The van der Waals surface area contributed by atoms with E-state index in [-0.39, 0.29) is 5.60 Å². The number of anilines is 1. The quantitative estimate of drug-likeness (QED) is 0.408. The Morgan fingerprint density at radius 3 is 2.57 bits per heavy atom. The van der Waals surface area contributed by atoms with Crippen molar-refractivity contribution in [3.05, 3.63) is 29.8 Å². The molecule has 3 nitrogen and oxygen atoms in total. The van der Waals surface area contributed by atoms with Crippen molar-refractivity contribution in [2.75, 3.05) is 43.7 Å². The summed E-state index contributed by atoms with van der Waals surface area (Å²) in [5, 5.41) is 0. The molecule has 1 aromatic carbocycles. The number of rotatable bonds is 12. The minimum absolute atomic E-state index is 0.127. The van der Waals surface area contributed by atoms with Gasteiger partial charge < -0.3 is 14.4 Å². The van der Waals surface area contributed by atoms with Gasteiger partial charge in [-0.05, 0) is 51.3 Å². The highest BCUT2D eigenvalue weighted by atomic mass is 35.5. The van der Waals surface area contributed by atoms with Crippen LogP contribution in [0.1, 0.15) is 39.2 Å². The van der Waals surface area contributed by atoms with Crippen LogP contribution in [0, 0.1) is 6.92 Å². The second-order valence-corrected chi connectivity index (χ2v) is 6.50. The van der Waals surface area contributed by atoms with Gasteiger partial charge in [0.25, 0.3) is 0 Å². The lowest BCUT2D eigenvalue weighted by Gasteiger charge is -2.31. The summed E-state index contributed by atoms with van der Waals surface area (Å²) >= 11 is 5.63. The minimum Gasteiger partial charge on any atom is -0.380 e. The van der Waals surface area contributed by atoms with E-state index in [1.165, 1.54) is 11.3 Å². The maximum absolute atomic E-state index is 6.19. The maximum atomic E-state index is 6.19. The fraction of sp³-hybridized carbons (Fsp3) is 0.684. The molecule has 0 heterocycles. The molecule has 0 spiro atoms. The van der Waals surface area contributed by atoms with E-state index in [1.54, 1.807) is 0 Å². The van der Waals surface area contributed by atoms with Gasteiger partial charge in [0.15, 0.2) is 0 Å². The Hall–Kier alpha value is -0.770. The molecule has 1 aromatic rings. The molecule has 0 amide bonds. The highest BCUT2D eigenvalue weighted by molar-refractivity contribution is 6.17. The van der Waals surface area contributed by atoms with Gasteiger partial charge in [-0.3, -0.25) is 0 Å². The van der Waals surface area contributed by atoms with Gasteiger partial charge in [-0.2, -0.15) is 0 Å². The molecule has 0 aromatic heterocycles. The number of nitrogens with zero attached hydrogens (tertiary/aromatic N) is 1. The van der Waals surface area contributed by atoms with Crippen LogP contribution in [0.15, 0.2) is 24.3 Å². The van der Waals surface area contributed by atoms with Crippen LogP contribution in [0.25, 0.3) is 0 Å². The van der Waals surface area contributed by atoms with Crippen molar-refractivity contribution >= 4 is 17.3 Å². The van der Waals surface area contributed by atoms with Gasteiger partial charge in [0.2, 0.25) is 0 Å². The van der Waals surface area contributed by atoms with Crippen molar-refractivity contribution in [1.82, 2.24) is 0 Å². The van der Waals surface area contributed by atoms with E-state index in [1.807, 2.05) is 0 Å². The highest BCUT2D eigenvalue weighted by Gasteiger charge is 2.22. The summed E-state index contributed by atoms with van der Waals surface area (Å²) in [5.41, 5.74) is 2.43. The van der Waals surface area contributed by atoms with Crippen molar-refractivity contribution in [3.63, 3.8) is 0 Å². The second-order valence-electron chi connectivity index (χ2n) is 6.12. The SMILES string of the molecule is CCN(CCOC(C)(CC)CCOCCCl)c1cccc(C)c1. The average molecular weight is 342 g/mol. The first-order valence-electron chi connectivity index (χ1n) is 8.64. The molecule has 1 atom stereocenters. The standard InChI is InChI=1S/C19H32ClNO2/c1-5-19(4,10-13-22-14-11-20)23-15-12-21(6-2)18-9-7-8-17(3)16-18/h7-9,16H,5-6,10-15H2,1-4H3. The van der Waals surface area contributed by atoms with Gasteiger partial charge in [0.1, 0.15) is 0 Å². The monoisotopic (exact) mass is 341 g/mol. The molecule has 0 bridgehead atoms. The van der Waals surface area contributed by atoms with Gasteiger partial charge in [-0.15, -0.1) is 11.6 Å². The maximum Gasteiger partial charge on any atom is 0.0674 e. The summed E-state index contributed by atoms with van der Waals surface area (Å²) in [6.45, 7) is 12.6. The van der Waals surface area contributed by atoms with E-state index in [0.717, 1.165) is 32.5 Å². The van der Waals surface area contributed by atoms with Crippen LogP contribution in [0.3, 0.4) is 0 Å². The van der Waals surface area contributed by atoms with E-state index in [9.17, 15) is 0 Å². The Morgan fingerprint density at radius 1 is 1.17 bits per heavy atom. The molecule has 0 aliphatic heterocycles. The average Bonchev–Trinajstić information content (AvgIpc) is 2.56. The largest absolute Gasteiger partial charge is 0.380 e. The number of likely N-dealkylation sites (N-methyl/N-ethyl adjacent to an activating group) is 1. The van der Waals surface area contributed by atoms with Gasteiger partial charge >= 0.3 is 0 Å². The lowest BCUT2D eigenvalue weighted by molar-refractivity contribution is -0.0520. The van der Waals surface area contributed by atoms with Crippen molar-refractivity contribution < 1.29 is 9.47 Å². The number of halogens is 1. The van der Waals surface area contributed by atoms with Crippen LogP contribution in [-0.2, 0) is 9.47 Å². The molecule has 1 unspecified atom stereocenters. The van der Waals surface area contributed by atoms with Crippen LogP contribution in [0.2, 0.25) is 0 Å². The van der Waals surface area contributed by atoms with Crippen LogP contribution < -0.4 is 4.90 Å². The first-order valence-corrected chi connectivity index (χ1v) is 9.17. The molecular weight excluding hydrogens is 310 g/mol. The zero-order chi connectivity index (χ0) is 17.1. The molecule has 0 aliphatic rings. The zero-order valence-corrected chi connectivity index (χ0v) is 15.9. The Morgan fingerprint density at radius 2 is 1.96 bits per heavy atom. The molecule has 0 radical (unpaired) electrons. The van der Waals surface area contributed by atoms with Crippen LogP contribution in [0.4, 0.5) is 5.69 Å². The van der Waals surface area contributed by atoms with Crippen LogP contribution >= 0.6 is 11.6 Å². The predicted molar refractivity (Wildman–Crippen MR) is 99.9 cm³/mol. The Bertz CT molecular complexity index is 441. The Balaban J connectivity index is 2.44. The molecule has 0 N–H and O–H groups in total. The number of ether oxygens (including phenoxy) is 2. The molecule has 0 fully saturated rings. The summed E-state index contributed by atoms with van der Waals surface area (Å²) in [6, 6.07) is 8.62. The fourth-order valence-corrected chi connectivity index (χ4v) is 2.60. The van der Waals surface area contributed by atoms with Crippen molar-refractivity contribution in [1.29, 1.82) is 0 Å². The first-order chi connectivity index (χ1) is 11.0. The predicted octanol–water partition coefficient (Wildman–Crippen LogP) is 4.65. The van der Waals surface area contributed by atoms with Gasteiger partial charge in [-0.1, -0.05) is 19.1 Å². The summed E-state index contributed by atoms with van der Waals surface area (Å²) in [4.78, 5) is 2.35. The Kier molecular flexibility index (Phi) is 9.61. The number of benzene rings is 1. The van der Waals surface area contributed by atoms with Gasteiger partial charge in [-0.25, -0.2) is 0 Å². The summed E-state index contributed by atoms with van der Waals surface area (Å²) in [6.07, 6.45) is 1.88. The second kappa shape index (κ2) is 10.9. The number of aryl methyl sites for hydroxylation is 1. The van der Waals surface area contributed by atoms with E-state index < -0.39 is 0 Å². The molecule has 0 aliphatic carbocycles. The van der Waals surface area contributed by atoms with Crippen LogP contribution in [-0.4, -0.2) is 44.4 Å². The van der Waals surface area contributed by atoms with Crippen molar-refractivity contribution in [2.45, 2.75) is 46.1 Å². The topological polar surface area (TPSA) is 21.7 Å². The summed E-state index contributed by atoms with van der Waals surface area (Å²) < 4.78 is 11.7. The molecular formula is C19H32ClNO2. The molecule has 0 saturated carbocycles. The zero-order valence-electron chi connectivity index (χ0n) is 15.1. The minimum atomic E-state index is -0.127. The number of hydrogen-bond acceptors (Lipinski definition) is 3. The third kappa shape index (κ3) is 7.56. The summed E-state index contributed by atoms with van der Waals surface area (Å²) in [5.74, 6) is 0.547. The third-order valence-electron chi connectivity index (χ3n) is 4.30. The molecule has 4 heteroatoms. The Labute approximate surface area is 146 Å². The highest BCUT2D eigenvalue weighted by Crippen LogP contribution is 2.21. The molecule has 1 rings (SSSR count). The van der Waals surface area contributed by atoms with Crippen molar-refractivity contribution in [2.24, 2.45) is 0 Å². The van der Waals surface area contributed by atoms with E-state index in [4.69, 9.17) is 21.1 Å². The smallest absolute Gasteiger partial charge is 0.0674 e. The first kappa shape index (κ1) is 20.3. The van der Waals surface area contributed by atoms with Gasteiger partial charge in [0, 0.05) is 31.3 Å². The van der Waals surface area contributed by atoms with Crippen molar-refractivity contribution in [3.8, 4) is 0 Å². The summed E-state index contributed by atoms with van der Waals surface area (Å²) in [7, 11) is 0. The number of alkyl halides is 1. The van der Waals surface area contributed by atoms with Crippen LogP contribution in [0.5, 0.6) is 0 Å². The van der Waals surface area contributed by atoms with E-state index >= 15 is 0 Å². The van der Waals surface area contributed by atoms with Gasteiger partial charge in [0.05, 0.1) is 18.8 Å². The normalized spacial score (nSPS) is 13.8. The molecule has 23 heavy (non-hydrogen) atoms. The third-order valence-corrected chi connectivity index (χ3v) is 4.46. The number of hydrogen-bond donors (Lipinski definition) is 0. The van der Waals surface area contributed by atoms with E-state index in [2.05, 4.69) is 56.9 Å². The lowest BCUT2D eigenvalue weighted by atomic mass is 9.99. The molecule has 0 saturated heterocycles. The lowest BCUT2D eigenvalue weighted by Crippen LogP contribution is -2.34. The fourth-order valence-electron chi connectivity index (χ4n) is 2.49. The van der Waals surface area contributed by atoms with E-state index in [0.29, 0.717) is 19.1 Å².